The number of nitriles is 1. The second kappa shape index (κ2) is 5.28. The van der Waals surface area contributed by atoms with Gasteiger partial charge in [0.15, 0.2) is 0 Å². The van der Waals surface area contributed by atoms with E-state index in [1.165, 1.54) is 23.0 Å². The van der Waals surface area contributed by atoms with E-state index in [2.05, 4.69) is 47.3 Å². The molecule has 0 aliphatic carbocycles. The Labute approximate surface area is 106 Å². The topological polar surface area (TPSA) is 61.6 Å². The highest BCUT2D eigenvalue weighted by Gasteiger charge is 1.99. The third kappa shape index (κ3) is 2.83. The highest BCUT2D eigenvalue weighted by molar-refractivity contribution is 5.40. The standard InChI is InChI=1S/C14H14N4/c1-10-3-4-12(5-11(10)2)8-16-14-6-13(7-15)17-9-18-14/h3-6,9H,8H2,1-2H3,(H,16,17,18). The van der Waals surface area contributed by atoms with Crippen molar-refractivity contribution < 1.29 is 0 Å². The summed E-state index contributed by atoms with van der Waals surface area (Å²) < 4.78 is 0. The molecule has 4 nitrogen and oxygen atoms in total. The predicted molar refractivity (Wildman–Crippen MR) is 70.0 cm³/mol. The van der Waals surface area contributed by atoms with Gasteiger partial charge in [0.05, 0.1) is 0 Å². The van der Waals surface area contributed by atoms with Crippen LogP contribution in [-0.2, 0) is 6.54 Å². The highest BCUT2D eigenvalue weighted by Crippen LogP contribution is 2.11. The van der Waals surface area contributed by atoms with Gasteiger partial charge in [-0.2, -0.15) is 5.26 Å². The van der Waals surface area contributed by atoms with Gasteiger partial charge in [-0.15, -0.1) is 0 Å². The van der Waals surface area contributed by atoms with Crippen molar-refractivity contribution in [1.29, 1.82) is 5.26 Å². The van der Waals surface area contributed by atoms with Crippen LogP contribution >= 0.6 is 0 Å². The monoisotopic (exact) mass is 238 g/mol. The quantitative estimate of drug-likeness (QED) is 0.892. The lowest BCUT2D eigenvalue weighted by Gasteiger charge is -2.07. The van der Waals surface area contributed by atoms with Crippen LogP contribution in [0.25, 0.3) is 0 Å². The van der Waals surface area contributed by atoms with Crippen LogP contribution in [0.15, 0.2) is 30.6 Å². The highest BCUT2D eigenvalue weighted by atomic mass is 15.0. The summed E-state index contributed by atoms with van der Waals surface area (Å²) in [6, 6.07) is 9.97. The molecule has 1 heterocycles. The van der Waals surface area contributed by atoms with Gasteiger partial charge >= 0.3 is 0 Å². The first kappa shape index (κ1) is 12.1. The van der Waals surface area contributed by atoms with Gasteiger partial charge in [-0.3, -0.25) is 0 Å². The van der Waals surface area contributed by atoms with Crippen molar-refractivity contribution >= 4 is 5.82 Å². The molecule has 1 N–H and O–H groups in total. The summed E-state index contributed by atoms with van der Waals surface area (Å²) in [5.41, 5.74) is 4.12. The summed E-state index contributed by atoms with van der Waals surface area (Å²) in [7, 11) is 0. The number of hydrogen-bond donors (Lipinski definition) is 1. The number of aryl methyl sites for hydroxylation is 2. The van der Waals surface area contributed by atoms with E-state index >= 15 is 0 Å². The molecule has 0 spiro atoms. The minimum absolute atomic E-state index is 0.368. The molecule has 0 amide bonds. The summed E-state index contributed by atoms with van der Waals surface area (Å²) in [5.74, 6) is 0.666. The van der Waals surface area contributed by atoms with Gasteiger partial charge in [-0.1, -0.05) is 18.2 Å². The molecule has 4 heteroatoms. The molecule has 0 saturated heterocycles. The lowest BCUT2D eigenvalue weighted by atomic mass is 10.1. The Morgan fingerprint density at radius 3 is 2.72 bits per heavy atom. The van der Waals surface area contributed by atoms with Crippen molar-refractivity contribution in [2.75, 3.05) is 5.32 Å². The summed E-state index contributed by atoms with van der Waals surface area (Å²) in [6.45, 7) is 4.87. The van der Waals surface area contributed by atoms with Crippen LogP contribution in [0.1, 0.15) is 22.4 Å². The Morgan fingerprint density at radius 1 is 1.17 bits per heavy atom. The molecule has 0 saturated carbocycles. The Kier molecular flexibility index (Phi) is 3.54. The number of benzene rings is 1. The van der Waals surface area contributed by atoms with Gasteiger partial charge in [-0.05, 0) is 30.5 Å². The third-order valence-corrected chi connectivity index (χ3v) is 2.83. The van der Waals surface area contributed by atoms with Crippen LogP contribution in [0.2, 0.25) is 0 Å². The molecule has 0 atom stereocenters. The van der Waals surface area contributed by atoms with Crippen molar-refractivity contribution in [1.82, 2.24) is 9.97 Å². The number of rotatable bonds is 3. The maximum Gasteiger partial charge on any atom is 0.145 e. The smallest absolute Gasteiger partial charge is 0.145 e. The van der Waals surface area contributed by atoms with Gasteiger partial charge in [-0.25, -0.2) is 9.97 Å². The van der Waals surface area contributed by atoms with Crippen LogP contribution in [0.5, 0.6) is 0 Å². The summed E-state index contributed by atoms with van der Waals surface area (Å²) in [4.78, 5) is 7.90. The van der Waals surface area contributed by atoms with Crippen LogP contribution in [0, 0.1) is 25.2 Å². The molecule has 0 aliphatic heterocycles. The van der Waals surface area contributed by atoms with Crippen LogP contribution in [0.4, 0.5) is 5.82 Å². The lowest BCUT2D eigenvalue weighted by Crippen LogP contribution is -2.02. The number of aromatic nitrogens is 2. The molecular formula is C14H14N4. The fourth-order valence-electron chi connectivity index (χ4n) is 1.62. The first-order valence-corrected chi connectivity index (χ1v) is 5.71. The molecule has 18 heavy (non-hydrogen) atoms. The van der Waals surface area contributed by atoms with Crippen molar-refractivity contribution in [2.24, 2.45) is 0 Å². The van der Waals surface area contributed by atoms with Crippen LogP contribution in [-0.4, -0.2) is 9.97 Å². The predicted octanol–water partition coefficient (Wildman–Crippen LogP) is 2.58. The number of hydrogen-bond acceptors (Lipinski definition) is 4. The van der Waals surface area contributed by atoms with Crippen molar-refractivity contribution in [3.63, 3.8) is 0 Å². The molecule has 0 fully saturated rings. The molecule has 2 rings (SSSR count). The maximum absolute atomic E-state index is 8.75. The summed E-state index contributed by atoms with van der Waals surface area (Å²) >= 11 is 0. The maximum atomic E-state index is 8.75. The largest absolute Gasteiger partial charge is 0.366 e. The van der Waals surface area contributed by atoms with Crippen molar-refractivity contribution in [3.05, 3.63) is 53.0 Å². The molecule has 1 aromatic carbocycles. The van der Waals surface area contributed by atoms with Gasteiger partial charge in [0, 0.05) is 12.6 Å². The zero-order chi connectivity index (χ0) is 13.0. The minimum atomic E-state index is 0.368. The minimum Gasteiger partial charge on any atom is -0.366 e. The molecule has 1 aromatic heterocycles. The van der Waals surface area contributed by atoms with E-state index in [0.29, 0.717) is 18.1 Å². The number of nitrogens with zero attached hydrogens (tertiary/aromatic N) is 3. The van der Waals surface area contributed by atoms with Gasteiger partial charge < -0.3 is 5.32 Å². The van der Waals surface area contributed by atoms with Crippen molar-refractivity contribution in [2.45, 2.75) is 20.4 Å². The first-order valence-electron chi connectivity index (χ1n) is 5.71. The fourth-order valence-corrected chi connectivity index (χ4v) is 1.62. The number of anilines is 1. The second-order valence-electron chi connectivity index (χ2n) is 4.17. The molecule has 0 radical (unpaired) electrons. The van der Waals surface area contributed by atoms with E-state index in [4.69, 9.17) is 5.26 Å². The average molecular weight is 238 g/mol. The fraction of sp³-hybridized carbons (Fsp3) is 0.214. The van der Waals surface area contributed by atoms with E-state index < -0.39 is 0 Å². The Morgan fingerprint density at radius 2 is 2.00 bits per heavy atom. The van der Waals surface area contributed by atoms with E-state index in [9.17, 15) is 0 Å². The summed E-state index contributed by atoms with van der Waals surface area (Å²) in [6.07, 6.45) is 1.39. The Balaban J connectivity index is 2.07. The molecule has 90 valence electrons. The molecule has 0 unspecified atom stereocenters. The molecular weight excluding hydrogens is 224 g/mol. The van der Waals surface area contributed by atoms with Crippen LogP contribution in [0.3, 0.4) is 0 Å². The van der Waals surface area contributed by atoms with Crippen molar-refractivity contribution in [3.8, 4) is 6.07 Å². The molecule has 0 aliphatic rings. The zero-order valence-electron chi connectivity index (χ0n) is 10.4. The number of nitrogens with one attached hydrogen (secondary N) is 1. The Hall–Kier alpha value is -2.41. The summed E-state index contributed by atoms with van der Waals surface area (Å²) in [5, 5.41) is 11.9. The van der Waals surface area contributed by atoms with E-state index in [1.807, 2.05) is 6.07 Å². The van der Waals surface area contributed by atoms with Gasteiger partial charge in [0.25, 0.3) is 0 Å². The first-order chi connectivity index (χ1) is 8.69. The SMILES string of the molecule is Cc1ccc(CNc2cc(C#N)ncn2)cc1C. The van der Waals surface area contributed by atoms with Crippen LogP contribution < -0.4 is 5.32 Å². The lowest BCUT2D eigenvalue weighted by molar-refractivity contribution is 1.07. The van der Waals surface area contributed by atoms with Gasteiger partial charge in [0.2, 0.25) is 0 Å². The molecule has 2 aromatic rings. The van der Waals surface area contributed by atoms with E-state index in [-0.39, 0.29) is 0 Å². The second-order valence-corrected chi connectivity index (χ2v) is 4.17. The van der Waals surface area contributed by atoms with Gasteiger partial charge in [0.1, 0.15) is 23.9 Å². The molecule has 0 bridgehead atoms. The van der Waals surface area contributed by atoms with E-state index in [1.54, 1.807) is 6.07 Å². The van der Waals surface area contributed by atoms with E-state index in [0.717, 1.165) is 0 Å². The Bertz CT molecular complexity index is 599. The third-order valence-electron chi connectivity index (χ3n) is 2.83. The zero-order valence-corrected chi connectivity index (χ0v) is 10.4. The average Bonchev–Trinajstić information content (AvgIpc) is 2.40. The normalized spacial score (nSPS) is 9.83.